The maximum Gasteiger partial charge on any atom is 0.241 e. The van der Waals surface area contributed by atoms with E-state index in [0.717, 1.165) is 54.5 Å². The molecule has 2 aromatic heterocycles. The van der Waals surface area contributed by atoms with Crippen molar-refractivity contribution < 1.29 is 17.6 Å². The Labute approximate surface area is 232 Å². The molecule has 4 aromatic rings. The molecule has 0 unspecified atom stereocenters. The molecule has 210 valence electrons. The van der Waals surface area contributed by atoms with Gasteiger partial charge in [-0.05, 0) is 44.7 Å². The number of amides is 1. The van der Waals surface area contributed by atoms with E-state index in [1.807, 2.05) is 38.2 Å². The molecule has 3 heterocycles. The van der Waals surface area contributed by atoms with Gasteiger partial charge in [0.1, 0.15) is 4.90 Å². The molecule has 1 amide bonds. The number of H-pyrrole nitrogens is 1. The average molecular weight is 566 g/mol. The topological polar surface area (TPSA) is 123 Å². The summed E-state index contributed by atoms with van der Waals surface area (Å²) in [6.45, 7) is 7.33. The number of nitrogens with zero attached hydrogens (tertiary/aromatic N) is 4. The molecule has 1 fully saturated rings. The number of aromatic nitrogens is 3. The molecule has 5 rings (SSSR count). The predicted molar refractivity (Wildman–Crippen MR) is 154 cm³/mol. The highest BCUT2D eigenvalue weighted by Gasteiger charge is 2.25. The van der Waals surface area contributed by atoms with E-state index in [9.17, 15) is 17.6 Å². The number of hydrogen-bond donors (Lipinski definition) is 3. The molecule has 0 spiro atoms. The van der Waals surface area contributed by atoms with Crippen LogP contribution in [0, 0.1) is 12.7 Å². The molecule has 1 aliphatic rings. The Hall–Kier alpha value is -3.87. The Morgan fingerprint density at radius 1 is 1.10 bits per heavy atom. The number of aromatic amines is 1. The number of fused-ring (bicyclic) bond motifs is 1. The Balaban J connectivity index is 1.42. The van der Waals surface area contributed by atoms with E-state index in [4.69, 9.17) is 0 Å². The lowest BCUT2D eigenvalue weighted by atomic mass is 10.1. The van der Waals surface area contributed by atoms with E-state index in [-0.39, 0.29) is 23.6 Å². The first-order chi connectivity index (χ1) is 19.0. The van der Waals surface area contributed by atoms with Crippen LogP contribution in [-0.4, -0.2) is 84.6 Å². The number of para-hydroxylation sites is 1. The number of hydrogen-bond acceptors (Lipinski definition) is 8. The van der Waals surface area contributed by atoms with Crippen molar-refractivity contribution in [3.05, 3.63) is 60.2 Å². The van der Waals surface area contributed by atoms with Gasteiger partial charge in [-0.1, -0.05) is 18.2 Å². The largest absolute Gasteiger partial charge is 0.359 e. The van der Waals surface area contributed by atoms with E-state index < -0.39 is 20.5 Å². The minimum Gasteiger partial charge on any atom is -0.359 e. The van der Waals surface area contributed by atoms with Gasteiger partial charge in [0.2, 0.25) is 11.9 Å². The maximum atomic E-state index is 14.9. The highest BCUT2D eigenvalue weighted by atomic mass is 32.2. The van der Waals surface area contributed by atoms with Gasteiger partial charge in [0.05, 0.1) is 28.6 Å². The van der Waals surface area contributed by atoms with Crippen LogP contribution in [0.1, 0.15) is 12.5 Å². The highest BCUT2D eigenvalue weighted by Crippen LogP contribution is 2.34. The summed E-state index contributed by atoms with van der Waals surface area (Å²) in [4.78, 5) is 29.3. The molecule has 10 nitrogen and oxygen atoms in total. The number of halogens is 1. The lowest BCUT2D eigenvalue weighted by Gasteiger charge is -2.35. The third-order valence-corrected chi connectivity index (χ3v) is 8.39. The number of benzene rings is 2. The van der Waals surface area contributed by atoms with E-state index in [1.165, 1.54) is 18.2 Å². The fourth-order valence-corrected chi connectivity index (χ4v) is 5.62. The van der Waals surface area contributed by atoms with E-state index in [2.05, 4.69) is 42.4 Å². The number of aryl methyl sites for hydroxylation is 1. The predicted octanol–water partition coefficient (Wildman–Crippen LogP) is 3.79. The molecule has 0 bridgehead atoms. The quantitative estimate of drug-likeness (QED) is 0.309. The summed E-state index contributed by atoms with van der Waals surface area (Å²) in [5.74, 6) is -0.852. The Morgan fingerprint density at radius 2 is 1.80 bits per heavy atom. The Bertz CT molecular complexity index is 1680. The monoisotopic (exact) mass is 565 g/mol. The second kappa shape index (κ2) is 11.0. The molecular formula is C28H32FN7O3S. The van der Waals surface area contributed by atoms with E-state index >= 15 is 0 Å². The van der Waals surface area contributed by atoms with Crippen molar-refractivity contribution in [2.24, 2.45) is 0 Å². The number of carbonyl (C=O) groups is 1. The maximum absolute atomic E-state index is 14.9. The lowest BCUT2D eigenvalue weighted by molar-refractivity contribution is -0.121. The van der Waals surface area contributed by atoms with Gasteiger partial charge in [-0.15, -0.1) is 0 Å². The van der Waals surface area contributed by atoms with Crippen LogP contribution in [-0.2, 0) is 14.6 Å². The summed E-state index contributed by atoms with van der Waals surface area (Å²) < 4.78 is 38.8. The number of likely N-dealkylation sites (N-methyl/N-ethyl adjacent to an activating group) is 1. The number of piperazine rings is 1. The van der Waals surface area contributed by atoms with Gasteiger partial charge in [0, 0.05) is 55.8 Å². The molecular weight excluding hydrogens is 533 g/mol. The summed E-state index contributed by atoms with van der Waals surface area (Å²) in [7, 11) is -1.66. The number of anilines is 3. The fourth-order valence-electron chi connectivity index (χ4n) is 4.86. The standard InChI is InChI=1S/C28H32FN7O3S/c1-17-15-31-28(33-21-8-6-10-23(24(21)29)40(4,38)39)34-25(17)20-16-30-26-19(20)7-5-9-22(26)32-27(37)18(2)36-13-11-35(3)12-14-36/h5-10,15-16,18,30H,11-14H2,1-4H3,(H,32,37)(H,31,33,34)/t18-/m0/s1. The number of rotatable bonds is 7. The number of carbonyl (C=O) groups excluding carboxylic acids is 1. The van der Waals surface area contributed by atoms with Crippen molar-refractivity contribution in [1.29, 1.82) is 0 Å². The summed E-state index contributed by atoms with van der Waals surface area (Å²) in [5.41, 5.74) is 3.56. The average Bonchev–Trinajstić information content (AvgIpc) is 3.35. The Kier molecular flexibility index (Phi) is 7.58. The minimum absolute atomic E-state index is 0.0453. The number of sulfone groups is 1. The van der Waals surface area contributed by atoms with Crippen molar-refractivity contribution in [2.45, 2.75) is 24.8 Å². The fraction of sp³-hybridized carbons (Fsp3) is 0.321. The molecule has 0 aliphatic carbocycles. The molecule has 1 saturated heterocycles. The third kappa shape index (κ3) is 5.55. The molecule has 0 saturated carbocycles. The van der Waals surface area contributed by atoms with Gasteiger partial charge in [-0.3, -0.25) is 9.69 Å². The first-order valence-electron chi connectivity index (χ1n) is 13.0. The summed E-state index contributed by atoms with van der Waals surface area (Å²) in [6, 6.07) is 9.49. The van der Waals surface area contributed by atoms with Crippen molar-refractivity contribution in [3.63, 3.8) is 0 Å². The molecule has 40 heavy (non-hydrogen) atoms. The van der Waals surface area contributed by atoms with E-state index in [1.54, 1.807) is 6.20 Å². The van der Waals surface area contributed by atoms with Crippen LogP contribution in [0.3, 0.4) is 0 Å². The summed E-state index contributed by atoms with van der Waals surface area (Å²) in [5, 5.41) is 6.74. The SMILES string of the molecule is Cc1cnc(Nc2cccc(S(C)(=O)=O)c2F)nc1-c1c[nH]c2c(NC(=O)[C@H](C)N3CCN(C)CC3)cccc12. The molecule has 1 atom stereocenters. The van der Waals surface area contributed by atoms with Gasteiger partial charge >= 0.3 is 0 Å². The first kappa shape index (κ1) is 27.7. The first-order valence-corrected chi connectivity index (χ1v) is 14.8. The van der Waals surface area contributed by atoms with Crippen molar-refractivity contribution in [2.75, 3.05) is 50.1 Å². The van der Waals surface area contributed by atoms with Gasteiger partial charge < -0.3 is 20.5 Å². The highest BCUT2D eigenvalue weighted by molar-refractivity contribution is 7.90. The summed E-state index contributed by atoms with van der Waals surface area (Å²) in [6.07, 6.45) is 4.38. The van der Waals surface area contributed by atoms with Gasteiger partial charge in [-0.2, -0.15) is 0 Å². The normalized spacial score (nSPS) is 15.7. The lowest BCUT2D eigenvalue weighted by Crippen LogP contribution is -2.51. The van der Waals surface area contributed by atoms with Crippen LogP contribution in [0.5, 0.6) is 0 Å². The molecule has 3 N–H and O–H groups in total. The summed E-state index contributed by atoms with van der Waals surface area (Å²) >= 11 is 0. The van der Waals surface area contributed by atoms with Crippen LogP contribution in [0.4, 0.5) is 21.7 Å². The van der Waals surface area contributed by atoms with Crippen molar-refractivity contribution >= 4 is 44.0 Å². The Morgan fingerprint density at radius 3 is 2.52 bits per heavy atom. The third-order valence-electron chi connectivity index (χ3n) is 7.27. The second-order valence-electron chi connectivity index (χ2n) is 10.2. The van der Waals surface area contributed by atoms with Crippen molar-refractivity contribution in [3.8, 4) is 11.3 Å². The van der Waals surface area contributed by atoms with Crippen molar-refractivity contribution in [1.82, 2.24) is 24.8 Å². The second-order valence-corrected chi connectivity index (χ2v) is 12.2. The zero-order valence-electron chi connectivity index (χ0n) is 22.8. The van der Waals surface area contributed by atoms with Crippen LogP contribution in [0.25, 0.3) is 22.2 Å². The van der Waals surface area contributed by atoms with Crippen LogP contribution < -0.4 is 10.6 Å². The van der Waals surface area contributed by atoms with Crippen LogP contribution in [0.15, 0.2) is 53.7 Å². The zero-order valence-corrected chi connectivity index (χ0v) is 23.6. The van der Waals surface area contributed by atoms with Crippen LogP contribution >= 0.6 is 0 Å². The van der Waals surface area contributed by atoms with Crippen LogP contribution in [0.2, 0.25) is 0 Å². The smallest absolute Gasteiger partial charge is 0.241 e. The van der Waals surface area contributed by atoms with Gasteiger partial charge in [-0.25, -0.2) is 22.8 Å². The molecule has 1 aliphatic heterocycles. The van der Waals surface area contributed by atoms with Gasteiger partial charge in [0.25, 0.3) is 0 Å². The molecule has 0 radical (unpaired) electrons. The molecule has 12 heteroatoms. The van der Waals surface area contributed by atoms with Gasteiger partial charge in [0.15, 0.2) is 15.7 Å². The van der Waals surface area contributed by atoms with E-state index in [0.29, 0.717) is 11.4 Å². The minimum atomic E-state index is -3.74. The molecule has 2 aromatic carbocycles. The number of nitrogens with one attached hydrogen (secondary N) is 3. The zero-order chi connectivity index (χ0) is 28.6.